The molecule has 0 fully saturated rings. The van der Waals surface area contributed by atoms with Crippen LogP contribution < -0.4 is 5.73 Å². The van der Waals surface area contributed by atoms with Crippen LogP contribution in [0.15, 0.2) is 30.3 Å². The molecule has 0 aliphatic rings. The third-order valence-corrected chi connectivity index (χ3v) is 3.03. The molecule has 19 heavy (non-hydrogen) atoms. The maximum Gasteiger partial charge on any atom is 0.223 e. The Labute approximate surface area is 115 Å². The van der Waals surface area contributed by atoms with Gasteiger partial charge in [-0.05, 0) is 18.4 Å². The van der Waals surface area contributed by atoms with Crippen molar-refractivity contribution in [2.24, 2.45) is 5.73 Å². The average Bonchev–Trinajstić information content (AvgIpc) is 2.45. The molecule has 1 atom stereocenters. The smallest absolute Gasteiger partial charge is 0.223 e. The fraction of sp³-hybridized carbons (Fsp3) is 0.438. The van der Waals surface area contributed by atoms with Gasteiger partial charge in [-0.15, -0.1) is 6.42 Å². The van der Waals surface area contributed by atoms with Crippen LogP contribution in [0.3, 0.4) is 0 Å². The largest absolute Gasteiger partial charge is 0.332 e. The third kappa shape index (κ3) is 5.15. The summed E-state index contributed by atoms with van der Waals surface area (Å²) in [5.74, 6) is 2.62. The topological polar surface area (TPSA) is 46.3 Å². The Morgan fingerprint density at radius 3 is 2.68 bits per heavy atom. The van der Waals surface area contributed by atoms with Gasteiger partial charge in [0.15, 0.2) is 0 Å². The molecule has 0 spiro atoms. The van der Waals surface area contributed by atoms with Gasteiger partial charge in [-0.25, -0.2) is 0 Å². The number of benzene rings is 1. The van der Waals surface area contributed by atoms with Crippen molar-refractivity contribution in [1.82, 2.24) is 4.90 Å². The van der Waals surface area contributed by atoms with Gasteiger partial charge in [0.2, 0.25) is 5.91 Å². The van der Waals surface area contributed by atoms with E-state index >= 15 is 0 Å². The first-order valence-corrected chi connectivity index (χ1v) is 6.70. The molecule has 0 radical (unpaired) electrons. The Kier molecular flexibility index (Phi) is 6.70. The minimum Gasteiger partial charge on any atom is -0.332 e. The molecule has 3 nitrogen and oxygen atoms in total. The standard InChI is InChI=1S/C16H22N2O/c1-3-12-18(13-4-2)16(19)11-10-15(17)14-8-6-5-7-9-14/h1,5-9,15H,4,10-13,17H2,2H3. The molecule has 0 saturated heterocycles. The fourth-order valence-corrected chi connectivity index (χ4v) is 1.98. The van der Waals surface area contributed by atoms with Gasteiger partial charge in [0.25, 0.3) is 0 Å². The van der Waals surface area contributed by atoms with Crippen molar-refractivity contribution in [2.75, 3.05) is 13.1 Å². The highest BCUT2D eigenvalue weighted by Gasteiger charge is 2.14. The van der Waals surface area contributed by atoms with E-state index in [-0.39, 0.29) is 11.9 Å². The number of nitrogens with zero attached hydrogens (tertiary/aromatic N) is 1. The van der Waals surface area contributed by atoms with Gasteiger partial charge >= 0.3 is 0 Å². The maximum atomic E-state index is 12.0. The maximum absolute atomic E-state index is 12.0. The molecule has 1 rings (SSSR count). The zero-order valence-electron chi connectivity index (χ0n) is 11.5. The summed E-state index contributed by atoms with van der Waals surface area (Å²) in [6.07, 6.45) is 7.28. The lowest BCUT2D eigenvalue weighted by atomic mass is 10.0. The molecule has 0 aliphatic carbocycles. The molecule has 1 aromatic rings. The normalized spacial score (nSPS) is 11.6. The van der Waals surface area contributed by atoms with Crippen LogP contribution in [0.2, 0.25) is 0 Å². The van der Waals surface area contributed by atoms with Crippen LogP contribution in [0.25, 0.3) is 0 Å². The molecule has 1 amide bonds. The Balaban J connectivity index is 2.47. The van der Waals surface area contributed by atoms with Gasteiger partial charge in [0, 0.05) is 19.0 Å². The summed E-state index contributed by atoms with van der Waals surface area (Å²) in [4.78, 5) is 13.8. The van der Waals surface area contributed by atoms with Gasteiger partial charge in [-0.3, -0.25) is 4.79 Å². The molecule has 0 heterocycles. The van der Waals surface area contributed by atoms with E-state index in [1.807, 2.05) is 37.3 Å². The van der Waals surface area contributed by atoms with Crippen molar-refractivity contribution in [1.29, 1.82) is 0 Å². The van der Waals surface area contributed by atoms with Crippen LogP contribution in [0.1, 0.15) is 37.8 Å². The van der Waals surface area contributed by atoms with Crippen LogP contribution in [0.5, 0.6) is 0 Å². The minimum absolute atomic E-state index is 0.0891. The molecule has 1 aromatic carbocycles. The quantitative estimate of drug-likeness (QED) is 0.763. The molecule has 0 bridgehead atoms. The van der Waals surface area contributed by atoms with Gasteiger partial charge in [0.1, 0.15) is 0 Å². The van der Waals surface area contributed by atoms with E-state index < -0.39 is 0 Å². The van der Waals surface area contributed by atoms with Gasteiger partial charge in [0.05, 0.1) is 6.54 Å². The van der Waals surface area contributed by atoms with E-state index in [1.165, 1.54) is 0 Å². The van der Waals surface area contributed by atoms with Crippen molar-refractivity contribution < 1.29 is 4.79 Å². The first-order chi connectivity index (χ1) is 9.19. The Hall–Kier alpha value is -1.79. The van der Waals surface area contributed by atoms with Crippen molar-refractivity contribution in [3.05, 3.63) is 35.9 Å². The van der Waals surface area contributed by atoms with Crippen molar-refractivity contribution >= 4 is 5.91 Å². The predicted molar refractivity (Wildman–Crippen MR) is 78.3 cm³/mol. The summed E-state index contributed by atoms with van der Waals surface area (Å²) in [6.45, 7) is 3.13. The number of terminal acetylenes is 1. The zero-order chi connectivity index (χ0) is 14.1. The molecule has 3 heteroatoms. The van der Waals surface area contributed by atoms with E-state index in [1.54, 1.807) is 4.90 Å². The lowest BCUT2D eigenvalue weighted by molar-refractivity contribution is -0.130. The van der Waals surface area contributed by atoms with E-state index in [4.69, 9.17) is 12.2 Å². The first kappa shape index (κ1) is 15.3. The highest BCUT2D eigenvalue weighted by Crippen LogP contribution is 2.15. The summed E-state index contributed by atoms with van der Waals surface area (Å²) in [5.41, 5.74) is 7.14. The Morgan fingerprint density at radius 1 is 1.42 bits per heavy atom. The van der Waals surface area contributed by atoms with Crippen LogP contribution in [-0.2, 0) is 4.79 Å². The van der Waals surface area contributed by atoms with Crippen LogP contribution in [0, 0.1) is 12.3 Å². The number of carbonyl (C=O) groups is 1. The summed E-state index contributed by atoms with van der Waals surface area (Å²) >= 11 is 0. The van der Waals surface area contributed by atoms with Gasteiger partial charge in [-0.2, -0.15) is 0 Å². The van der Waals surface area contributed by atoms with Crippen molar-refractivity contribution in [3.63, 3.8) is 0 Å². The lowest BCUT2D eigenvalue weighted by Crippen LogP contribution is -2.32. The number of rotatable bonds is 7. The second-order valence-electron chi connectivity index (χ2n) is 4.58. The van der Waals surface area contributed by atoms with E-state index in [2.05, 4.69) is 5.92 Å². The second-order valence-corrected chi connectivity index (χ2v) is 4.58. The molecule has 1 unspecified atom stereocenters. The number of carbonyl (C=O) groups excluding carboxylic acids is 1. The highest BCUT2D eigenvalue weighted by atomic mass is 16.2. The predicted octanol–water partition coefficient (Wildman–Crippen LogP) is 2.34. The highest BCUT2D eigenvalue weighted by molar-refractivity contribution is 5.76. The number of hydrogen-bond donors (Lipinski definition) is 1. The molecule has 0 saturated carbocycles. The van der Waals surface area contributed by atoms with Gasteiger partial charge in [-0.1, -0.05) is 43.2 Å². The molecule has 102 valence electrons. The molecular formula is C16H22N2O. The number of nitrogens with two attached hydrogens (primary N) is 1. The SMILES string of the molecule is C#CCN(CCC)C(=O)CCC(N)c1ccccc1. The minimum atomic E-state index is -0.0977. The summed E-state index contributed by atoms with van der Waals surface area (Å²) < 4.78 is 0. The number of hydrogen-bond acceptors (Lipinski definition) is 2. The summed E-state index contributed by atoms with van der Waals surface area (Å²) in [6, 6.07) is 9.75. The molecule has 0 aromatic heterocycles. The van der Waals surface area contributed by atoms with Crippen molar-refractivity contribution in [3.8, 4) is 12.3 Å². The second kappa shape index (κ2) is 8.34. The molecular weight excluding hydrogens is 236 g/mol. The van der Waals surface area contributed by atoms with E-state index in [0.29, 0.717) is 25.9 Å². The van der Waals surface area contributed by atoms with Crippen molar-refractivity contribution in [2.45, 2.75) is 32.2 Å². The monoisotopic (exact) mass is 258 g/mol. The third-order valence-electron chi connectivity index (χ3n) is 3.03. The lowest BCUT2D eigenvalue weighted by Gasteiger charge is -2.20. The fourth-order valence-electron chi connectivity index (χ4n) is 1.98. The zero-order valence-corrected chi connectivity index (χ0v) is 11.5. The molecule has 0 aliphatic heterocycles. The van der Waals surface area contributed by atoms with E-state index in [0.717, 1.165) is 12.0 Å². The van der Waals surface area contributed by atoms with Crippen LogP contribution >= 0.6 is 0 Å². The summed E-state index contributed by atoms with van der Waals surface area (Å²) in [7, 11) is 0. The number of amides is 1. The Bertz CT molecular complexity index is 422. The van der Waals surface area contributed by atoms with Gasteiger partial charge < -0.3 is 10.6 Å². The average molecular weight is 258 g/mol. The Morgan fingerprint density at radius 2 is 2.11 bits per heavy atom. The first-order valence-electron chi connectivity index (χ1n) is 6.70. The van der Waals surface area contributed by atoms with E-state index in [9.17, 15) is 4.79 Å². The van der Waals surface area contributed by atoms with Crippen LogP contribution in [-0.4, -0.2) is 23.9 Å². The summed E-state index contributed by atoms with van der Waals surface area (Å²) in [5, 5.41) is 0. The molecule has 2 N–H and O–H groups in total. The van der Waals surface area contributed by atoms with Crippen LogP contribution in [0.4, 0.5) is 0 Å².